The minimum Gasteiger partial charge on any atom is -0.359 e. The molecule has 0 saturated carbocycles. The first-order chi connectivity index (χ1) is 11.1. The summed E-state index contributed by atoms with van der Waals surface area (Å²) >= 11 is 0. The normalized spacial score (nSPS) is 12.6. The number of aromatic nitrogens is 1. The van der Waals surface area contributed by atoms with Gasteiger partial charge in [0.1, 0.15) is 19.3 Å². The minimum absolute atomic E-state index is 0.104. The van der Waals surface area contributed by atoms with E-state index in [-0.39, 0.29) is 25.5 Å². The summed E-state index contributed by atoms with van der Waals surface area (Å²) in [6, 6.07) is 0.811. The van der Waals surface area contributed by atoms with E-state index >= 15 is 0 Å². The molecule has 14 heteroatoms. The zero-order chi connectivity index (χ0) is 18.3. The molecule has 24 heavy (non-hydrogen) atoms. The summed E-state index contributed by atoms with van der Waals surface area (Å²) in [7, 11) is -2.76. The van der Waals surface area contributed by atoms with E-state index in [0.29, 0.717) is 6.54 Å². The molecule has 3 N–H and O–H groups in total. The Balaban J connectivity index is 2.55. The van der Waals surface area contributed by atoms with Crippen molar-refractivity contribution in [2.24, 2.45) is 0 Å². The summed E-state index contributed by atoms with van der Waals surface area (Å²) in [5.74, 6) is -0.104. The fraction of sp³-hybridized carbons (Fsp3) is 0.500. The van der Waals surface area contributed by atoms with Crippen LogP contribution in [0.3, 0.4) is 0 Å². The van der Waals surface area contributed by atoms with Gasteiger partial charge < -0.3 is 10.2 Å². The molecule has 0 aliphatic rings. The van der Waals surface area contributed by atoms with E-state index < -0.39 is 31.6 Å². The highest BCUT2D eigenvalue weighted by Crippen LogP contribution is 2.25. The van der Waals surface area contributed by atoms with Gasteiger partial charge in [0.15, 0.2) is 0 Å². The van der Waals surface area contributed by atoms with Crippen LogP contribution >= 0.6 is 0 Å². The molecule has 0 fully saturated rings. The highest BCUT2D eigenvalue weighted by molar-refractivity contribution is 7.80. The molecule has 0 aliphatic carbocycles. The van der Waals surface area contributed by atoms with Crippen molar-refractivity contribution in [2.45, 2.75) is 0 Å². The van der Waals surface area contributed by atoms with Gasteiger partial charge in [0, 0.05) is 0 Å². The quantitative estimate of drug-likeness (QED) is 0.254. The lowest BCUT2D eigenvalue weighted by Gasteiger charge is -2.14. The number of hydrogen-bond donors (Lipinski definition) is 3. The number of nitrogens with one attached hydrogen (secondary N) is 2. The zero-order valence-electron chi connectivity index (χ0n) is 12.5. The molecule has 1 aromatic heterocycles. The molecular weight excluding hydrogens is 350 g/mol. The highest BCUT2D eigenvalue weighted by Gasteiger charge is 2.21. The molecule has 0 aliphatic heterocycles. The van der Waals surface area contributed by atoms with Crippen LogP contribution < -0.4 is 10.2 Å². The van der Waals surface area contributed by atoms with Crippen molar-refractivity contribution in [3.05, 3.63) is 32.5 Å². The first-order valence-electron chi connectivity index (χ1n) is 6.56. The van der Waals surface area contributed by atoms with Gasteiger partial charge in [-0.3, -0.25) is 24.8 Å². The Morgan fingerprint density at radius 2 is 2.00 bits per heavy atom. The summed E-state index contributed by atoms with van der Waals surface area (Å²) in [6.45, 7) is 0.700. The molecule has 0 saturated heterocycles. The Kier molecular flexibility index (Phi) is 6.90. The van der Waals surface area contributed by atoms with Crippen LogP contribution in [0.2, 0.25) is 0 Å². The Morgan fingerprint density at radius 1 is 1.33 bits per heavy atom. The van der Waals surface area contributed by atoms with Gasteiger partial charge in [-0.2, -0.15) is 8.42 Å². The van der Waals surface area contributed by atoms with Crippen molar-refractivity contribution in [1.29, 1.82) is 0 Å². The van der Waals surface area contributed by atoms with Crippen LogP contribution in [0.15, 0.2) is 12.3 Å². The average molecular weight is 366 g/mol. The van der Waals surface area contributed by atoms with E-state index in [1.165, 1.54) is 0 Å². The van der Waals surface area contributed by atoms with E-state index in [4.69, 9.17) is 4.55 Å². The van der Waals surface area contributed by atoms with Gasteiger partial charge in [-0.1, -0.05) is 0 Å². The van der Waals surface area contributed by atoms with Gasteiger partial charge in [-0.15, -0.1) is 0 Å². The van der Waals surface area contributed by atoms with Gasteiger partial charge in [-0.25, -0.2) is 9.17 Å². The van der Waals surface area contributed by atoms with E-state index in [2.05, 4.69) is 14.5 Å². The molecular formula is C10H16N5O8S+. The average Bonchev–Trinajstić information content (AvgIpc) is 2.45. The minimum atomic E-state index is -4.48. The van der Waals surface area contributed by atoms with Gasteiger partial charge in [0.05, 0.1) is 36.1 Å². The Labute approximate surface area is 136 Å². The van der Waals surface area contributed by atoms with Crippen LogP contribution in [0.1, 0.15) is 0 Å². The fourth-order valence-electron chi connectivity index (χ4n) is 1.66. The monoisotopic (exact) mass is 366 g/mol. The summed E-state index contributed by atoms with van der Waals surface area (Å²) in [5, 5.41) is 24.2. The molecule has 0 radical (unpaired) electrons. The number of quaternary nitrogens is 1. The molecule has 1 atom stereocenters. The lowest BCUT2D eigenvalue weighted by Crippen LogP contribution is -3.10. The van der Waals surface area contributed by atoms with Crippen molar-refractivity contribution in [3.63, 3.8) is 0 Å². The first kappa shape index (κ1) is 19.6. The molecule has 1 heterocycles. The molecule has 13 nitrogen and oxygen atoms in total. The van der Waals surface area contributed by atoms with Crippen LogP contribution in [0, 0.1) is 20.2 Å². The van der Waals surface area contributed by atoms with Gasteiger partial charge in [0.2, 0.25) is 5.82 Å². The number of pyridine rings is 1. The second kappa shape index (κ2) is 8.44. The summed E-state index contributed by atoms with van der Waals surface area (Å²) < 4.78 is 33.3. The maximum Gasteiger partial charge on any atom is 0.397 e. The fourth-order valence-corrected chi connectivity index (χ4v) is 1.95. The van der Waals surface area contributed by atoms with E-state index in [0.717, 1.165) is 17.2 Å². The lowest BCUT2D eigenvalue weighted by atomic mass is 10.3. The van der Waals surface area contributed by atoms with Crippen molar-refractivity contribution in [3.8, 4) is 0 Å². The third-order valence-electron chi connectivity index (χ3n) is 2.87. The molecule has 0 bridgehead atoms. The third kappa shape index (κ3) is 6.78. The first-order valence-corrected chi connectivity index (χ1v) is 7.92. The van der Waals surface area contributed by atoms with Crippen LogP contribution in [0.5, 0.6) is 0 Å². The second-order valence-corrected chi connectivity index (χ2v) is 5.80. The largest absolute Gasteiger partial charge is 0.397 e. The smallest absolute Gasteiger partial charge is 0.359 e. The molecule has 1 rings (SSSR count). The Bertz CT molecular complexity index is 709. The maximum atomic E-state index is 10.9. The predicted octanol–water partition coefficient (Wildman–Crippen LogP) is -1.36. The van der Waals surface area contributed by atoms with Crippen molar-refractivity contribution < 1.29 is 31.9 Å². The second-order valence-electron chi connectivity index (χ2n) is 4.71. The molecule has 0 aromatic carbocycles. The third-order valence-corrected chi connectivity index (χ3v) is 3.33. The van der Waals surface area contributed by atoms with E-state index in [1.54, 1.807) is 7.05 Å². The van der Waals surface area contributed by atoms with Gasteiger partial charge in [-0.05, 0) is 0 Å². The van der Waals surface area contributed by atoms with Crippen molar-refractivity contribution in [1.82, 2.24) is 4.98 Å². The van der Waals surface area contributed by atoms with E-state index in [9.17, 15) is 28.6 Å². The van der Waals surface area contributed by atoms with Crippen LogP contribution in [-0.2, 0) is 14.6 Å². The lowest BCUT2D eigenvalue weighted by molar-refractivity contribution is -0.877. The predicted molar refractivity (Wildman–Crippen MR) is 80.2 cm³/mol. The number of likely N-dealkylation sites (N-methyl/N-ethyl adjacent to an activating group) is 1. The zero-order valence-corrected chi connectivity index (χ0v) is 13.4. The Morgan fingerprint density at radius 3 is 2.54 bits per heavy atom. The summed E-state index contributed by atoms with van der Waals surface area (Å²) in [6.07, 6.45) is 0.909. The van der Waals surface area contributed by atoms with Crippen LogP contribution in [0.25, 0.3) is 0 Å². The number of anilines is 1. The topological polar surface area (TPSA) is 179 Å². The highest BCUT2D eigenvalue weighted by atomic mass is 32.3. The number of hydrogen-bond acceptors (Lipinski definition) is 9. The SMILES string of the molecule is C[NH+](CCNc1ncc([N+](=O)[O-])cc1[N+](=O)[O-])CCOS(=O)(=O)O. The summed E-state index contributed by atoms with van der Waals surface area (Å²) in [4.78, 5) is 24.5. The Hall–Kier alpha value is -2.42. The number of nitro groups is 2. The standard InChI is InChI=1S/C10H15N5O8S/c1-13(4-5-23-24(20,21)22)3-2-11-10-9(15(18)19)6-8(7-12-10)14(16)17/h6-7H,2-5H2,1H3,(H,11,12)(H,20,21,22)/p+1. The van der Waals surface area contributed by atoms with Gasteiger partial charge >= 0.3 is 16.1 Å². The number of rotatable bonds is 10. The molecule has 0 spiro atoms. The molecule has 1 aromatic rings. The van der Waals surface area contributed by atoms with Crippen molar-refractivity contribution >= 4 is 27.6 Å². The molecule has 134 valence electrons. The van der Waals surface area contributed by atoms with Crippen LogP contribution in [-0.4, -0.2) is 61.1 Å². The summed E-state index contributed by atoms with van der Waals surface area (Å²) in [5.41, 5.74) is -1.01. The molecule has 1 unspecified atom stereocenters. The van der Waals surface area contributed by atoms with E-state index in [1.807, 2.05) is 0 Å². The van der Waals surface area contributed by atoms with Crippen LogP contribution in [0.4, 0.5) is 17.2 Å². The molecule has 0 amide bonds. The van der Waals surface area contributed by atoms with Gasteiger partial charge in [0.25, 0.3) is 5.69 Å². The van der Waals surface area contributed by atoms with Crippen molar-refractivity contribution in [2.75, 3.05) is 38.6 Å². The maximum absolute atomic E-state index is 10.9. The number of nitrogens with zero attached hydrogens (tertiary/aromatic N) is 3.